The molecule has 0 heterocycles. The number of ether oxygens (including phenoxy) is 2. The Morgan fingerprint density at radius 3 is 2.14 bits per heavy atom. The standard InChI is InChI=1S/C16H22O5/c1-10-9-16(12(18)20-4,13(19)21-5)14(2)8-6-7-11(17)15(10,14)3/h1,6-9H2,2-5H3/t14-,15+/m0/s1. The lowest BCUT2D eigenvalue weighted by Gasteiger charge is -2.49. The number of rotatable bonds is 2. The average molecular weight is 294 g/mol. The molecule has 0 amide bonds. The minimum atomic E-state index is -1.49. The molecule has 2 rings (SSSR count). The Bertz CT molecular complexity index is 519. The molecule has 0 N–H and O–H groups in total. The maximum absolute atomic E-state index is 12.6. The number of fused-ring (bicyclic) bond motifs is 1. The molecule has 116 valence electrons. The summed E-state index contributed by atoms with van der Waals surface area (Å²) in [7, 11) is 2.50. The van der Waals surface area contributed by atoms with Crippen LogP contribution < -0.4 is 0 Å². The maximum Gasteiger partial charge on any atom is 0.324 e. The Labute approximate surface area is 124 Å². The van der Waals surface area contributed by atoms with Gasteiger partial charge in [-0.1, -0.05) is 19.1 Å². The summed E-state index contributed by atoms with van der Waals surface area (Å²) in [6.45, 7) is 7.61. The van der Waals surface area contributed by atoms with Gasteiger partial charge in [0.05, 0.1) is 19.6 Å². The predicted molar refractivity (Wildman–Crippen MR) is 75.3 cm³/mol. The Morgan fingerprint density at radius 2 is 1.67 bits per heavy atom. The highest BCUT2D eigenvalue weighted by atomic mass is 16.5. The number of allylic oxidation sites excluding steroid dienone is 1. The molecule has 0 aromatic carbocycles. The van der Waals surface area contributed by atoms with E-state index in [1.807, 2.05) is 6.92 Å². The Hall–Kier alpha value is -1.65. The normalized spacial score (nSPS) is 34.3. The molecule has 0 bridgehead atoms. The van der Waals surface area contributed by atoms with Gasteiger partial charge in [-0.15, -0.1) is 0 Å². The Morgan fingerprint density at radius 1 is 1.14 bits per heavy atom. The van der Waals surface area contributed by atoms with Crippen LogP contribution in [0.15, 0.2) is 12.2 Å². The molecule has 2 fully saturated rings. The van der Waals surface area contributed by atoms with Gasteiger partial charge in [0.2, 0.25) is 0 Å². The zero-order valence-electron chi connectivity index (χ0n) is 13.1. The number of ketones is 1. The minimum absolute atomic E-state index is 0.0379. The van der Waals surface area contributed by atoms with Crippen LogP contribution in [0.4, 0.5) is 0 Å². The molecule has 21 heavy (non-hydrogen) atoms. The van der Waals surface area contributed by atoms with Gasteiger partial charge in [0.15, 0.2) is 5.41 Å². The van der Waals surface area contributed by atoms with Crippen LogP contribution in [0.25, 0.3) is 0 Å². The summed E-state index contributed by atoms with van der Waals surface area (Å²) in [5.41, 5.74) is -2.64. The number of hydrogen-bond acceptors (Lipinski definition) is 5. The Kier molecular flexibility index (Phi) is 3.51. The van der Waals surface area contributed by atoms with Gasteiger partial charge in [-0.2, -0.15) is 0 Å². The van der Waals surface area contributed by atoms with E-state index < -0.39 is 28.2 Å². The second-order valence-electron chi connectivity index (χ2n) is 6.40. The van der Waals surface area contributed by atoms with Crippen molar-refractivity contribution in [2.45, 2.75) is 39.5 Å². The first kappa shape index (κ1) is 15.7. The van der Waals surface area contributed by atoms with Gasteiger partial charge in [0.25, 0.3) is 0 Å². The minimum Gasteiger partial charge on any atom is -0.468 e. The topological polar surface area (TPSA) is 69.7 Å². The van der Waals surface area contributed by atoms with Gasteiger partial charge >= 0.3 is 11.9 Å². The molecule has 2 aliphatic carbocycles. The monoisotopic (exact) mass is 294 g/mol. The average Bonchev–Trinajstić information content (AvgIpc) is 2.66. The van der Waals surface area contributed by atoms with Crippen molar-refractivity contribution in [1.29, 1.82) is 0 Å². The second kappa shape index (κ2) is 4.68. The zero-order valence-corrected chi connectivity index (χ0v) is 13.1. The van der Waals surface area contributed by atoms with Gasteiger partial charge in [-0.05, 0) is 26.2 Å². The Balaban J connectivity index is 2.74. The molecule has 0 aromatic heterocycles. The van der Waals surface area contributed by atoms with Crippen molar-refractivity contribution in [3.63, 3.8) is 0 Å². The molecule has 5 nitrogen and oxygen atoms in total. The van der Waals surface area contributed by atoms with E-state index in [0.717, 1.165) is 0 Å². The molecular formula is C16H22O5. The van der Waals surface area contributed by atoms with Crippen molar-refractivity contribution in [3.8, 4) is 0 Å². The van der Waals surface area contributed by atoms with Crippen LogP contribution in [-0.4, -0.2) is 31.9 Å². The summed E-state index contributed by atoms with van der Waals surface area (Å²) in [4.78, 5) is 37.6. The number of hydrogen-bond donors (Lipinski definition) is 0. The van der Waals surface area contributed by atoms with Crippen molar-refractivity contribution >= 4 is 17.7 Å². The third kappa shape index (κ3) is 1.54. The molecule has 2 saturated carbocycles. The van der Waals surface area contributed by atoms with Crippen LogP contribution in [-0.2, 0) is 23.9 Å². The van der Waals surface area contributed by atoms with Crippen molar-refractivity contribution < 1.29 is 23.9 Å². The molecule has 0 spiro atoms. The van der Waals surface area contributed by atoms with Crippen LogP contribution in [0.5, 0.6) is 0 Å². The smallest absolute Gasteiger partial charge is 0.324 e. The lowest BCUT2D eigenvalue weighted by Crippen LogP contribution is -2.57. The van der Waals surface area contributed by atoms with E-state index in [0.29, 0.717) is 24.8 Å². The third-order valence-electron chi connectivity index (χ3n) is 5.94. The molecule has 0 saturated heterocycles. The van der Waals surface area contributed by atoms with Gasteiger partial charge in [-0.25, -0.2) is 0 Å². The van der Waals surface area contributed by atoms with Gasteiger partial charge in [-0.3, -0.25) is 14.4 Å². The van der Waals surface area contributed by atoms with Crippen LogP contribution >= 0.6 is 0 Å². The van der Waals surface area contributed by atoms with E-state index in [9.17, 15) is 14.4 Å². The zero-order chi connectivity index (χ0) is 16.1. The summed E-state index contributed by atoms with van der Waals surface area (Å²) < 4.78 is 9.82. The molecule has 5 heteroatoms. The number of carbonyl (C=O) groups is 3. The number of Topliss-reactive ketones (excluding diaryl/α,β-unsaturated/α-hetero) is 1. The quantitative estimate of drug-likeness (QED) is 0.443. The van der Waals surface area contributed by atoms with Crippen LogP contribution in [0.2, 0.25) is 0 Å². The molecule has 0 unspecified atom stereocenters. The van der Waals surface area contributed by atoms with Crippen molar-refractivity contribution in [3.05, 3.63) is 12.2 Å². The highest BCUT2D eigenvalue weighted by Gasteiger charge is 2.75. The molecule has 0 aromatic rings. The highest BCUT2D eigenvalue weighted by Crippen LogP contribution is 2.69. The van der Waals surface area contributed by atoms with Crippen LogP contribution in [0, 0.1) is 16.2 Å². The van der Waals surface area contributed by atoms with E-state index in [-0.39, 0.29) is 12.2 Å². The fraction of sp³-hybridized carbons (Fsp3) is 0.688. The van der Waals surface area contributed by atoms with Gasteiger partial charge in [0, 0.05) is 11.8 Å². The van der Waals surface area contributed by atoms with E-state index in [1.165, 1.54) is 14.2 Å². The van der Waals surface area contributed by atoms with Crippen molar-refractivity contribution in [1.82, 2.24) is 0 Å². The SMILES string of the molecule is C=C1CC(C(=O)OC)(C(=O)OC)[C@@]2(C)CCCC(=O)[C@@]12C. The summed E-state index contributed by atoms with van der Waals surface area (Å²) in [5.74, 6) is -1.25. The predicted octanol–water partition coefficient (Wildman–Crippen LogP) is 2.04. The summed E-state index contributed by atoms with van der Waals surface area (Å²) in [6.07, 6.45) is 1.78. The molecule has 2 aliphatic rings. The van der Waals surface area contributed by atoms with Gasteiger partial charge in [0.1, 0.15) is 5.78 Å². The first-order valence-corrected chi connectivity index (χ1v) is 7.10. The third-order valence-corrected chi connectivity index (χ3v) is 5.94. The lowest BCUT2D eigenvalue weighted by atomic mass is 9.51. The molecule has 2 atom stereocenters. The van der Waals surface area contributed by atoms with Gasteiger partial charge < -0.3 is 9.47 Å². The van der Waals surface area contributed by atoms with E-state index in [4.69, 9.17) is 9.47 Å². The van der Waals surface area contributed by atoms with E-state index >= 15 is 0 Å². The lowest BCUT2D eigenvalue weighted by molar-refractivity contribution is -0.184. The fourth-order valence-corrected chi connectivity index (χ4v) is 4.36. The van der Waals surface area contributed by atoms with Crippen LogP contribution in [0.1, 0.15) is 39.5 Å². The van der Waals surface area contributed by atoms with Crippen molar-refractivity contribution in [2.75, 3.05) is 14.2 Å². The fourth-order valence-electron chi connectivity index (χ4n) is 4.36. The first-order valence-electron chi connectivity index (χ1n) is 7.10. The van der Waals surface area contributed by atoms with Crippen LogP contribution in [0.3, 0.4) is 0 Å². The number of carbonyl (C=O) groups excluding carboxylic acids is 3. The maximum atomic E-state index is 12.6. The molecule has 0 aliphatic heterocycles. The van der Waals surface area contributed by atoms with E-state index in [1.54, 1.807) is 6.92 Å². The summed E-state index contributed by atoms with van der Waals surface area (Å²) in [5, 5.41) is 0. The molecular weight excluding hydrogens is 272 g/mol. The summed E-state index contributed by atoms with van der Waals surface area (Å²) >= 11 is 0. The molecule has 0 radical (unpaired) electrons. The number of esters is 2. The van der Waals surface area contributed by atoms with E-state index in [2.05, 4.69) is 6.58 Å². The first-order chi connectivity index (χ1) is 9.72. The van der Waals surface area contributed by atoms with Crippen molar-refractivity contribution in [2.24, 2.45) is 16.2 Å². The highest BCUT2D eigenvalue weighted by molar-refractivity contribution is 6.05. The second-order valence-corrected chi connectivity index (χ2v) is 6.40. The largest absolute Gasteiger partial charge is 0.468 e. The summed E-state index contributed by atoms with van der Waals surface area (Å²) in [6, 6.07) is 0. The number of methoxy groups -OCH3 is 2.